The predicted octanol–water partition coefficient (Wildman–Crippen LogP) is 18.4. The minimum atomic E-state index is -1.03. The summed E-state index contributed by atoms with van der Waals surface area (Å²) in [5, 5.41) is 24.0. The van der Waals surface area contributed by atoms with Gasteiger partial charge in [0.2, 0.25) is 11.8 Å². The van der Waals surface area contributed by atoms with Crippen LogP contribution in [-0.2, 0) is 28.8 Å². The molecule has 0 radical (unpaired) electrons. The van der Waals surface area contributed by atoms with E-state index in [1.165, 1.54) is 91.9 Å². The monoisotopic (exact) mass is 1430 g/mol. The number of amides is 8. The molecule has 0 spiro atoms. The van der Waals surface area contributed by atoms with Crippen molar-refractivity contribution in [2.24, 2.45) is 11.8 Å². The molecule has 0 bridgehead atoms. The fourth-order valence-corrected chi connectivity index (χ4v) is 14.7. The summed E-state index contributed by atoms with van der Waals surface area (Å²) in [6, 6.07) is 39.2. The standard InChI is InChI=1S/C42H51N5O4S.C41H49N5O4S/c1-7-11-19-31(9-3)27-45(28-32(10-4)20-12-8-2)42-44-38(33-21-15-13-16-22-33)37(52-42)25-35-29(5)36(26-43)41(51)47(40(35)50)46(30(6)48)39(49)34-23-17-14-18-24-34;1-5-7-9-11-13-21-27-44(26-20-12-10-8-6-2)41-43-37(32-22-16-14-17-23-32)36(51-41)28-34-30(3)35(29-42)40(50)46(39(34)49)45(31(4)47)38(48)33-24-18-15-19-25-33/h13-18,21-25,31-32H,7-12,19-20,27-28H2,1-6H3;14-19,22-25,28H,5-13,20-21,26-27H2,1-4H3/b35-25-;34-28-. The van der Waals surface area contributed by atoms with Gasteiger partial charge in [-0.1, -0.05) is 258 Å². The zero-order chi connectivity index (χ0) is 74.5. The van der Waals surface area contributed by atoms with Crippen LogP contribution in [0.15, 0.2) is 155 Å². The molecule has 8 rings (SSSR count). The maximum Gasteiger partial charge on any atom is 0.291 e. The molecule has 2 unspecified atom stereocenters. The third-order valence-electron chi connectivity index (χ3n) is 18.7. The van der Waals surface area contributed by atoms with Gasteiger partial charge in [-0.3, -0.25) is 38.4 Å². The van der Waals surface area contributed by atoms with E-state index >= 15 is 0 Å². The van der Waals surface area contributed by atoms with E-state index in [4.69, 9.17) is 9.97 Å². The largest absolute Gasteiger partial charge is 0.348 e. The summed E-state index contributed by atoms with van der Waals surface area (Å²) >= 11 is 2.93. The van der Waals surface area contributed by atoms with Crippen LogP contribution in [-0.4, -0.2) is 103 Å². The quantitative estimate of drug-likeness (QED) is 0.0205. The van der Waals surface area contributed by atoms with E-state index in [0.717, 1.165) is 138 Å². The van der Waals surface area contributed by atoms with Gasteiger partial charge >= 0.3 is 0 Å². The average Bonchev–Trinajstić information content (AvgIpc) is 1.52. The molecular weight excluding hydrogens is 1330 g/mol. The van der Waals surface area contributed by atoms with Crippen LogP contribution in [0.5, 0.6) is 0 Å². The van der Waals surface area contributed by atoms with Crippen LogP contribution >= 0.6 is 22.7 Å². The molecule has 2 aliphatic heterocycles. The summed E-state index contributed by atoms with van der Waals surface area (Å²) < 4.78 is 0. The number of imide groups is 4. The van der Waals surface area contributed by atoms with Gasteiger partial charge in [-0.25, -0.2) is 9.97 Å². The van der Waals surface area contributed by atoms with E-state index in [0.29, 0.717) is 53.0 Å². The van der Waals surface area contributed by atoms with Gasteiger partial charge in [0.25, 0.3) is 35.4 Å². The lowest BCUT2D eigenvalue weighted by atomic mass is 9.95. The molecule has 2 aromatic heterocycles. The van der Waals surface area contributed by atoms with Crippen LogP contribution in [0, 0.1) is 34.5 Å². The van der Waals surface area contributed by atoms with Crippen molar-refractivity contribution in [3.05, 3.63) is 176 Å². The number of anilines is 2. The number of hydrazine groups is 2. The number of aromatic nitrogens is 2. The molecule has 20 heteroatoms. The Morgan fingerprint density at radius 1 is 0.456 bits per heavy atom. The van der Waals surface area contributed by atoms with Gasteiger partial charge in [0, 0.05) is 73.4 Å². The predicted molar refractivity (Wildman–Crippen MR) is 411 cm³/mol. The fraction of sp³-hybridized carbons (Fsp3) is 0.422. The van der Waals surface area contributed by atoms with Crippen molar-refractivity contribution in [1.82, 2.24) is 30.0 Å². The van der Waals surface area contributed by atoms with Crippen LogP contribution < -0.4 is 9.80 Å². The average molecular weight is 1430 g/mol. The second-order valence-corrected chi connectivity index (χ2v) is 28.3. The molecule has 8 amide bonds. The van der Waals surface area contributed by atoms with Crippen molar-refractivity contribution in [1.29, 1.82) is 10.5 Å². The molecule has 103 heavy (non-hydrogen) atoms. The summed E-state index contributed by atoms with van der Waals surface area (Å²) in [5.41, 5.74) is 3.06. The van der Waals surface area contributed by atoms with Crippen molar-refractivity contribution >= 4 is 92.3 Å². The number of carbonyl (C=O) groups is 8. The molecule has 2 aliphatic rings. The van der Waals surface area contributed by atoms with Gasteiger partial charge in [-0.15, -0.1) is 0 Å². The molecule has 4 heterocycles. The topological polar surface area (TPSA) is 229 Å². The van der Waals surface area contributed by atoms with Gasteiger partial charge < -0.3 is 9.80 Å². The summed E-state index contributed by atoms with van der Waals surface area (Å²) in [5.74, 6) is -6.19. The van der Waals surface area contributed by atoms with E-state index in [2.05, 4.69) is 51.3 Å². The number of thiazole rings is 2. The van der Waals surface area contributed by atoms with Crippen LogP contribution in [0.4, 0.5) is 10.3 Å². The molecule has 0 saturated carbocycles. The van der Waals surface area contributed by atoms with Crippen LogP contribution in [0.1, 0.15) is 222 Å². The molecule has 542 valence electrons. The molecule has 6 aromatic rings. The molecule has 2 atom stereocenters. The fourth-order valence-electron chi connectivity index (χ4n) is 12.6. The smallest absolute Gasteiger partial charge is 0.291 e. The Hall–Kier alpha value is -9.76. The van der Waals surface area contributed by atoms with Crippen LogP contribution in [0.2, 0.25) is 0 Å². The summed E-state index contributed by atoms with van der Waals surface area (Å²) in [6.07, 6.45) is 25.2. The normalized spacial score (nSPS) is 14.5. The van der Waals surface area contributed by atoms with Crippen molar-refractivity contribution in [2.75, 3.05) is 36.0 Å². The Bertz CT molecular complexity index is 4110. The SMILES string of the molecule is CCCCC(CC)CN(CC(CC)CCCC)c1nc(-c2ccccc2)c(/C=C2\C(=O)N(N(C(C)=O)C(=O)c3ccccc3)C(=O)C(C#N)=C2C)s1.CCCCCCCCN(CCCCCCC)c1nc(-c2ccccc2)c(/C=C2\C(=O)N(N(C(C)=O)C(=O)c3ccccc3)C(=O)C(C#N)=C2C)s1. The summed E-state index contributed by atoms with van der Waals surface area (Å²) in [7, 11) is 0. The van der Waals surface area contributed by atoms with E-state index < -0.39 is 47.3 Å². The third kappa shape index (κ3) is 21.0. The first-order valence-corrected chi connectivity index (χ1v) is 38.3. The van der Waals surface area contributed by atoms with E-state index in [1.54, 1.807) is 62.4 Å². The van der Waals surface area contributed by atoms with Gasteiger partial charge in [0.1, 0.15) is 23.3 Å². The molecular formula is C83H100N10O8S2. The van der Waals surface area contributed by atoms with E-state index in [-0.39, 0.29) is 44.6 Å². The number of nitrogens with zero attached hydrogens (tertiary/aromatic N) is 10. The highest BCUT2D eigenvalue weighted by atomic mass is 32.1. The van der Waals surface area contributed by atoms with Crippen molar-refractivity contribution in [3.63, 3.8) is 0 Å². The first-order valence-electron chi connectivity index (χ1n) is 36.7. The highest BCUT2D eigenvalue weighted by Gasteiger charge is 2.45. The van der Waals surface area contributed by atoms with E-state index in [1.807, 2.05) is 72.8 Å². The Balaban J connectivity index is 0.000000288. The zero-order valence-corrected chi connectivity index (χ0v) is 63.3. The van der Waals surface area contributed by atoms with Gasteiger partial charge in [-0.2, -0.15) is 30.6 Å². The number of carbonyl (C=O) groups excluding carboxylic acids is 8. The highest BCUT2D eigenvalue weighted by Crippen LogP contribution is 2.41. The number of benzene rings is 4. The number of rotatable bonds is 35. The highest BCUT2D eigenvalue weighted by molar-refractivity contribution is 7.17. The van der Waals surface area contributed by atoms with Gasteiger partial charge in [-0.05, 0) is 98.9 Å². The van der Waals surface area contributed by atoms with Gasteiger partial charge in [0.15, 0.2) is 10.3 Å². The minimum Gasteiger partial charge on any atom is -0.348 e. The van der Waals surface area contributed by atoms with Crippen LogP contribution in [0.25, 0.3) is 34.7 Å². The van der Waals surface area contributed by atoms with Crippen molar-refractivity contribution in [3.8, 4) is 34.7 Å². The Morgan fingerprint density at radius 2 is 0.786 bits per heavy atom. The number of hydrogen-bond donors (Lipinski definition) is 0. The van der Waals surface area contributed by atoms with E-state index in [9.17, 15) is 48.9 Å². The lowest BCUT2D eigenvalue weighted by molar-refractivity contribution is -0.163. The zero-order valence-electron chi connectivity index (χ0n) is 61.7. The second kappa shape index (κ2) is 40.8. The minimum absolute atomic E-state index is 0.0333. The maximum absolute atomic E-state index is 14.4. The lowest BCUT2D eigenvalue weighted by Gasteiger charge is -2.34. The van der Waals surface area contributed by atoms with Gasteiger partial charge in [0.05, 0.1) is 21.1 Å². The van der Waals surface area contributed by atoms with Crippen molar-refractivity contribution < 1.29 is 38.4 Å². The summed E-state index contributed by atoms with van der Waals surface area (Å²) in [4.78, 5) is 126. The first kappa shape index (κ1) is 80.6. The van der Waals surface area contributed by atoms with Crippen molar-refractivity contribution in [2.45, 2.75) is 191 Å². The number of nitriles is 2. The lowest BCUT2D eigenvalue weighted by Crippen LogP contribution is -2.57. The molecule has 0 aliphatic carbocycles. The molecule has 4 aromatic carbocycles. The maximum atomic E-state index is 14.4. The Labute approximate surface area is 617 Å². The molecule has 0 N–H and O–H groups in total. The van der Waals surface area contributed by atoms with Crippen LogP contribution in [0.3, 0.4) is 0 Å². The Morgan fingerprint density at radius 3 is 1.12 bits per heavy atom. The second-order valence-electron chi connectivity index (χ2n) is 26.2. The molecule has 0 fully saturated rings. The molecule has 18 nitrogen and oxygen atoms in total. The number of hydrogen-bond acceptors (Lipinski definition) is 16. The number of unbranched alkanes of at least 4 members (excludes halogenated alkanes) is 11. The Kier molecular flexibility index (Phi) is 31.9. The summed E-state index contributed by atoms with van der Waals surface area (Å²) in [6.45, 7) is 22.1. The molecule has 0 saturated heterocycles. The first-order chi connectivity index (χ1) is 49.8. The third-order valence-corrected chi connectivity index (χ3v) is 20.8.